The van der Waals surface area contributed by atoms with Crippen LogP contribution in [0.15, 0.2) is 23.4 Å². The highest BCUT2D eigenvalue weighted by molar-refractivity contribution is 7.99. The fourth-order valence-corrected chi connectivity index (χ4v) is 2.98. The summed E-state index contributed by atoms with van der Waals surface area (Å²) in [6.45, 7) is 6.17. The third kappa shape index (κ3) is 3.04. The number of benzene rings is 1. The minimum absolute atomic E-state index is 0.00681. The molecule has 1 heterocycles. The highest BCUT2D eigenvalue weighted by Crippen LogP contribution is 2.31. The quantitative estimate of drug-likeness (QED) is 0.879. The van der Waals surface area contributed by atoms with Gasteiger partial charge in [0.15, 0.2) is 5.16 Å². The number of carboxylic acid groups (broad SMARTS) is 1. The zero-order valence-electron chi connectivity index (χ0n) is 11.0. The number of aromatic nitrogens is 2. The van der Waals surface area contributed by atoms with Crippen molar-refractivity contribution in [2.75, 3.05) is 5.75 Å². The number of halogens is 1. The fourth-order valence-electron chi connectivity index (χ4n) is 1.90. The Morgan fingerprint density at radius 1 is 1.47 bits per heavy atom. The highest BCUT2D eigenvalue weighted by Gasteiger charge is 2.22. The number of carboxylic acids is 1. The van der Waals surface area contributed by atoms with Gasteiger partial charge in [-0.05, 0) is 39.0 Å². The molecule has 0 fully saturated rings. The van der Waals surface area contributed by atoms with Crippen molar-refractivity contribution in [3.05, 3.63) is 23.2 Å². The molecule has 4 nitrogen and oxygen atoms in total. The lowest BCUT2D eigenvalue weighted by atomic mass is 10.1. The average molecular weight is 299 g/mol. The van der Waals surface area contributed by atoms with Gasteiger partial charge in [-0.1, -0.05) is 23.4 Å². The van der Waals surface area contributed by atoms with E-state index in [-0.39, 0.29) is 11.3 Å². The molecular formula is C13H15ClN2O2S. The smallest absolute Gasteiger partial charge is 0.313 e. The van der Waals surface area contributed by atoms with Gasteiger partial charge in [-0.15, -0.1) is 0 Å². The normalized spacial score (nSPS) is 12.0. The van der Waals surface area contributed by atoms with E-state index in [1.165, 1.54) is 11.8 Å². The van der Waals surface area contributed by atoms with E-state index in [1.54, 1.807) is 6.07 Å². The molecule has 0 aliphatic carbocycles. The summed E-state index contributed by atoms with van der Waals surface area (Å²) in [6, 6.07) is 5.50. The monoisotopic (exact) mass is 298 g/mol. The van der Waals surface area contributed by atoms with Crippen molar-refractivity contribution in [2.45, 2.75) is 31.5 Å². The molecule has 1 aromatic carbocycles. The Morgan fingerprint density at radius 2 is 2.16 bits per heavy atom. The minimum Gasteiger partial charge on any atom is -0.481 e. The molecule has 0 amide bonds. The lowest BCUT2D eigenvalue weighted by molar-refractivity contribution is -0.133. The molecule has 2 aromatic rings. The summed E-state index contributed by atoms with van der Waals surface area (Å²) in [5.41, 5.74) is 1.56. The first kappa shape index (κ1) is 14.2. The molecular weight excluding hydrogens is 284 g/mol. The third-order valence-corrected chi connectivity index (χ3v) is 3.74. The number of fused-ring (bicyclic) bond motifs is 1. The number of carbonyl (C=O) groups is 1. The number of imidazole rings is 1. The second kappa shape index (κ2) is 5.06. The van der Waals surface area contributed by atoms with Crippen LogP contribution in [0.4, 0.5) is 0 Å². The Balaban J connectivity index is 2.59. The van der Waals surface area contributed by atoms with Crippen LogP contribution >= 0.6 is 23.4 Å². The molecule has 0 unspecified atom stereocenters. The van der Waals surface area contributed by atoms with Gasteiger partial charge < -0.3 is 9.67 Å². The van der Waals surface area contributed by atoms with Gasteiger partial charge in [0.05, 0.1) is 16.8 Å². The van der Waals surface area contributed by atoms with Gasteiger partial charge in [0.25, 0.3) is 0 Å². The minimum atomic E-state index is -0.851. The molecule has 0 aliphatic rings. The number of nitrogens with zero attached hydrogens (tertiary/aromatic N) is 2. The van der Waals surface area contributed by atoms with Crippen molar-refractivity contribution in [2.24, 2.45) is 0 Å². The Hall–Kier alpha value is -1.20. The van der Waals surface area contributed by atoms with E-state index in [0.29, 0.717) is 10.2 Å². The Labute approximate surface area is 120 Å². The molecule has 0 saturated heterocycles. The zero-order valence-corrected chi connectivity index (χ0v) is 12.5. The molecule has 0 radical (unpaired) electrons. The molecule has 0 bridgehead atoms. The van der Waals surface area contributed by atoms with E-state index in [1.807, 2.05) is 16.7 Å². The average Bonchev–Trinajstić information content (AvgIpc) is 2.63. The Kier molecular flexibility index (Phi) is 3.78. The molecule has 6 heteroatoms. The van der Waals surface area contributed by atoms with Crippen LogP contribution in [0.25, 0.3) is 11.0 Å². The Bertz CT molecular complexity index is 631. The lowest BCUT2D eigenvalue weighted by Crippen LogP contribution is -2.22. The van der Waals surface area contributed by atoms with Gasteiger partial charge in [-0.25, -0.2) is 4.98 Å². The molecule has 102 valence electrons. The maximum atomic E-state index is 10.7. The standard InChI is InChI=1S/C13H15ClN2O2S/c1-13(2,3)16-10-6-8(14)4-5-9(10)15-12(16)19-7-11(17)18/h4-6H,7H2,1-3H3,(H,17,18). The summed E-state index contributed by atoms with van der Waals surface area (Å²) in [4.78, 5) is 15.2. The van der Waals surface area contributed by atoms with Gasteiger partial charge >= 0.3 is 5.97 Å². The second-order valence-corrected chi connectivity index (χ2v) is 6.59. The molecule has 1 aromatic heterocycles. The van der Waals surface area contributed by atoms with Crippen LogP contribution in [0, 0.1) is 0 Å². The predicted molar refractivity (Wildman–Crippen MR) is 78.1 cm³/mol. The van der Waals surface area contributed by atoms with Gasteiger partial charge in [-0.3, -0.25) is 4.79 Å². The van der Waals surface area contributed by atoms with Gasteiger partial charge in [0.1, 0.15) is 0 Å². The first-order chi connectivity index (χ1) is 8.79. The molecule has 2 rings (SSSR count). The molecule has 0 spiro atoms. The summed E-state index contributed by atoms with van der Waals surface area (Å²) in [5, 5.41) is 10.2. The van der Waals surface area contributed by atoms with Crippen molar-refractivity contribution in [1.29, 1.82) is 0 Å². The number of hydrogen-bond donors (Lipinski definition) is 1. The van der Waals surface area contributed by atoms with Crippen LogP contribution in [-0.2, 0) is 10.3 Å². The number of aliphatic carboxylic acids is 1. The van der Waals surface area contributed by atoms with Crippen molar-refractivity contribution in [1.82, 2.24) is 9.55 Å². The maximum Gasteiger partial charge on any atom is 0.313 e. The molecule has 1 N–H and O–H groups in total. The third-order valence-electron chi connectivity index (χ3n) is 2.58. The zero-order chi connectivity index (χ0) is 14.2. The van der Waals surface area contributed by atoms with Gasteiger partial charge in [0.2, 0.25) is 0 Å². The molecule has 0 atom stereocenters. The van der Waals surface area contributed by atoms with Gasteiger partial charge in [0, 0.05) is 10.6 Å². The fraction of sp³-hybridized carbons (Fsp3) is 0.385. The first-order valence-electron chi connectivity index (χ1n) is 5.82. The van der Waals surface area contributed by atoms with Crippen LogP contribution in [0.3, 0.4) is 0 Å². The van der Waals surface area contributed by atoms with Crippen LogP contribution in [-0.4, -0.2) is 26.4 Å². The van der Waals surface area contributed by atoms with Crippen LogP contribution < -0.4 is 0 Å². The largest absolute Gasteiger partial charge is 0.481 e. The first-order valence-corrected chi connectivity index (χ1v) is 7.18. The second-order valence-electron chi connectivity index (χ2n) is 5.22. The number of thioether (sulfide) groups is 1. The van der Waals surface area contributed by atoms with Crippen molar-refractivity contribution >= 4 is 40.4 Å². The lowest BCUT2D eigenvalue weighted by Gasteiger charge is -2.24. The number of rotatable bonds is 3. The SMILES string of the molecule is CC(C)(C)n1c(SCC(=O)O)nc2ccc(Cl)cc21. The van der Waals surface area contributed by atoms with E-state index in [4.69, 9.17) is 16.7 Å². The maximum absolute atomic E-state index is 10.7. The van der Waals surface area contributed by atoms with Crippen molar-refractivity contribution < 1.29 is 9.90 Å². The summed E-state index contributed by atoms with van der Waals surface area (Å²) >= 11 is 7.26. The summed E-state index contributed by atoms with van der Waals surface area (Å²) in [6.07, 6.45) is 0. The molecule has 19 heavy (non-hydrogen) atoms. The van der Waals surface area contributed by atoms with Crippen molar-refractivity contribution in [3.63, 3.8) is 0 Å². The van der Waals surface area contributed by atoms with E-state index in [9.17, 15) is 4.79 Å². The van der Waals surface area contributed by atoms with Crippen molar-refractivity contribution in [3.8, 4) is 0 Å². The molecule has 0 aliphatic heterocycles. The summed E-state index contributed by atoms with van der Waals surface area (Å²) in [7, 11) is 0. The Morgan fingerprint density at radius 3 is 2.74 bits per heavy atom. The van der Waals surface area contributed by atoms with Crippen LogP contribution in [0.5, 0.6) is 0 Å². The summed E-state index contributed by atoms with van der Waals surface area (Å²) in [5.74, 6) is -0.858. The van der Waals surface area contributed by atoms with Gasteiger partial charge in [-0.2, -0.15) is 0 Å². The van der Waals surface area contributed by atoms with Crippen LogP contribution in [0.2, 0.25) is 5.02 Å². The topological polar surface area (TPSA) is 55.1 Å². The number of hydrogen-bond acceptors (Lipinski definition) is 3. The van der Waals surface area contributed by atoms with E-state index in [0.717, 1.165) is 11.0 Å². The van der Waals surface area contributed by atoms with Crippen LogP contribution in [0.1, 0.15) is 20.8 Å². The van der Waals surface area contributed by atoms with E-state index in [2.05, 4.69) is 25.8 Å². The summed E-state index contributed by atoms with van der Waals surface area (Å²) < 4.78 is 2.03. The highest BCUT2D eigenvalue weighted by atomic mass is 35.5. The predicted octanol–water partition coefficient (Wildman–Crippen LogP) is 3.62. The van der Waals surface area contributed by atoms with E-state index >= 15 is 0 Å². The van der Waals surface area contributed by atoms with E-state index < -0.39 is 5.97 Å². The molecule has 0 saturated carbocycles.